The summed E-state index contributed by atoms with van der Waals surface area (Å²) in [6.07, 6.45) is -0.910. The van der Waals surface area contributed by atoms with Gasteiger partial charge < -0.3 is 15.3 Å². The fraction of sp³-hybridized carbons (Fsp3) is 0.333. The van der Waals surface area contributed by atoms with Gasteiger partial charge in [0.25, 0.3) is 5.91 Å². The summed E-state index contributed by atoms with van der Waals surface area (Å²) in [5, 5.41) is 12.6. The number of nitrogens with one attached hydrogen (secondary N) is 1. The molecule has 1 aliphatic rings. The second-order valence-corrected chi connectivity index (χ2v) is 3.94. The SMILES string of the molecule is CC(=O)NCCN1C(=O)c2ccccc2[C@H]1O. The Bertz CT molecular complexity index is 459. The average Bonchev–Trinajstić information content (AvgIpc) is 2.54. The molecule has 0 aliphatic carbocycles. The van der Waals surface area contributed by atoms with Crippen molar-refractivity contribution in [2.75, 3.05) is 13.1 Å². The maximum atomic E-state index is 11.9. The van der Waals surface area contributed by atoms with Crippen molar-refractivity contribution in [3.63, 3.8) is 0 Å². The first-order chi connectivity index (χ1) is 8.11. The van der Waals surface area contributed by atoms with E-state index in [2.05, 4.69) is 5.32 Å². The Morgan fingerprint density at radius 3 is 2.82 bits per heavy atom. The van der Waals surface area contributed by atoms with Crippen molar-refractivity contribution >= 4 is 11.8 Å². The van der Waals surface area contributed by atoms with Crippen LogP contribution in [0.1, 0.15) is 29.1 Å². The molecule has 0 saturated carbocycles. The van der Waals surface area contributed by atoms with Gasteiger partial charge in [0.05, 0.1) is 0 Å². The van der Waals surface area contributed by atoms with Crippen LogP contribution in [0, 0.1) is 0 Å². The van der Waals surface area contributed by atoms with Gasteiger partial charge in [-0.1, -0.05) is 18.2 Å². The molecule has 17 heavy (non-hydrogen) atoms. The molecule has 0 bridgehead atoms. The van der Waals surface area contributed by atoms with Gasteiger partial charge in [-0.2, -0.15) is 0 Å². The van der Waals surface area contributed by atoms with Gasteiger partial charge in [0.1, 0.15) is 0 Å². The first kappa shape index (κ1) is 11.6. The standard InChI is InChI=1S/C12H14N2O3/c1-8(15)13-6-7-14-11(16)9-4-2-3-5-10(9)12(14)17/h2-5,11,16H,6-7H2,1H3,(H,13,15)/t11-/m1/s1. The Morgan fingerprint density at radius 1 is 1.47 bits per heavy atom. The van der Waals surface area contributed by atoms with Crippen LogP contribution in [0.5, 0.6) is 0 Å². The summed E-state index contributed by atoms with van der Waals surface area (Å²) in [4.78, 5) is 24.0. The van der Waals surface area contributed by atoms with E-state index in [4.69, 9.17) is 0 Å². The van der Waals surface area contributed by atoms with Crippen molar-refractivity contribution in [2.24, 2.45) is 0 Å². The molecule has 0 spiro atoms. The largest absolute Gasteiger partial charge is 0.369 e. The normalized spacial score (nSPS) is 18.1. The number of benzene rings is 1. The zero-order valence-corrected chi connectivity index (χ0v) is 9.51. The number of aliphatic hydroxyl groups is 1. The Hall–Kier alpha value is -1.88. The molecule has 2 rings (SSSR count). The van der Waals surface area contributed by atoms with Crippen LogP contribution in [-0.4, -0.2) is 34.9 Å². The minimum absolute atomic E-state index is 0.149. The van der Waals surface area contributed by atoms with Crippen molar-refractivity contribution in [1.29, 1.82) is 0 Å². The predicted molar refractivity (Wildman–Crippen MR) is 61.1 cm³/mol. The van der Waals surface area contributed by atoms with Gasteiger partial charge in [0, 0.05) is 31.1 Å². The summed E-state index contributed by atoms with van der Waals surface area (Å²) in [5.74, 6) is -0.345. The van der Waals surface area contributed by atoms with Crippen LogP contribution in [0.3, 0.4) is 0 Å². The van der Waals surface area contributed by atoms with Gasteiger partial charge in [0.15, 0.2) is 6.23 Å². The first-order valence-corrected chi connectivity index (χ1v) is 5.43. The van der Waals surface area contributed by atoms with Gasteiger partial charge in [0.2, 0.25) is 5.91 Å². The van der Waals surface area contributed by atoms with Gasteiger partial charge >= 0.3 is 0 Å². The highest BCUT2D eigenvalue weighted by atomic mass is 16.3. The summed E-state index contributed by atoms with van der Waals surface area (Å²) >= 11 is 0. The Kier molecular flexibility index (Phi) is 3.10. The number of nitrogens with zero attached hydrogens (tertiary/aromatic N) is 1. The third-order valence-electron chi connectivity index (χ3n) is 2.75. The number of rotatable bonds is 3. The number of hydrogen-bond donors (Lipinski definition) is 2. The predicted octanol–water partition coefficient (Wildman–Crippen LogP) is 0.269. The van der Waals surface area contributed by atoms with E-state index in [9.17, 15) is 14.7 Å². The van der Waals surface area contributed by atoms with E-state index in [1.807, 2.05) is 0 Å². The summed E-state index contributed by atoms with van der Waals surface area (Å²) in [7, 11) is 0. The van der Waals surface area contributed by atoms with Crippen molar-refractivity contribution in [3.8, 4) is 0 Å². The van der Waals surface area contributed by atoms with Crippen LogP contribution in [0.25, 0.3) is 0 Å². The smallest absolute Gasteiger partial charge is 0.256 e. The lowest BCUT2D eigenvalue weighted by molar-refractivity contribution is -0.119. The van der Waals surface area contributed by atoms with Crippen LogP contribution in [-0.2, 0) is 4.79 Å². The molecule has 1 aliphatic heterocycles. The van der Waals surface area contributed by atoms with Crippen LogP contribution < -0.4 is 5.32 Å². The van der Waals surface area contributed by atoms with Crippen LogP contribution in [0.15, 0.2) is 24.3 Å². The molecule has 2 N–H and O–H groups in total. The molecular weight excluding hydrogens is 220 g/mol. The quantitative estimate of drug-likeness (QED) is 0.788. The molecule has 0 unspecified atom stereocenters. The minimum atomic E-state index is -0.910. The van der Waals surface area contributed by atoms with E-state index in [-0.39, 0.29) is 11.8 Å². The van der Waals surface area contributed by atoms with Crippen molar-refractivity contribution in [3.05, 3.63) is 35.4 Å². The second-order valence-electron chi connectivity index (χ2n) is 3.94. The maximum absolute atomic E-state index is 11.9. The van der Waals surface area contributed by atoms with Crippen molar-refractivity contribution in [1.82, 2.24) is 10.2 Å². The molecule has 0 radical (unpaired) electrons. The van der Waals surface area contributed by atoms with E-state index in [0.29, 0.717) is 24.2 Å². The molecule has 90 valence electrons. The summed E-state index contributed by atoms with van der Waals surface area (Å²) in [6, 6.07) is 6.98. The monoisotopic (exact) mass is 234 g/mol. The first-order valence-electron chi connectivity index (χ1n) is 5.43. The van der Waals surface area contributed by atoms with Crippen molar-refractivity contribution in [2.45, 2.75) is 13.2 Å². The second kappa shape index (κ2) is 4.55. The van der Waals surface area contributed by atoms with E-state index in [1.54, 1.807) is 24.3 Å². The topological polar surface area (TPSA) is 69.6 Å². The molecule has 0 saturated heterocycles. The fourth-order valence-corrected chi connectivity index (χ4v) is 1.93. The van der Waals surface area contributed by atoms with E-state index in [1.165, 1.54) is 11.8 Å². The molecular formula is C12H14N2O3. The fourth-order valence-electron chi connectivity index (χ4n) is 1.93. The Morgan fingerprint density at radius 2 is 2.18 bits per heavy atom. The zero-order valence-electron chi connectivity index (χ0n) is 9.51. The van der Waals surface area contributed by atoms with Crippen LogP contribution in [0.4, 0.5) is 0 Å². The molecule has 0 fully saturated rings. The number of hydrogen-bond acceptors (Lipinski definition) is 3. The number of carbonyl (C=O) groups excluding carboxylic acids is 2. The van der Waals surface area contributed by atoms with Crippen LogP contribution >= 0.6 is 0 Å². The van der Waals surface area contributed by atoms with Crippen LogP contribution in [0.2, 0.25) is 0 Å². The van der Waals surface area contributed by atoms with Crippen molar-refractivity contribution < 1.29 is 14.7 Å². The lowest BCUT2D eigenvalue weighted by Gasteiger charge is -2.20. The average molecular weight is 234 g/mol. The van der Waals surface area contributed by atoms with Gasteiger partial charge in [-0.05, 0) is 6.07 Å². The maximum Gasteiger partial charge on any atom is 0.256 e. The van der Waals surface area contributed by atoms with E-state index >= 15 is 0 Å². The summed E-state index contributed by atoms with van der Waals surface area (Å²) < 4.78 is 0. The molecule has 1 aromatic rings. The molecule has 1 atom stereocenters. The molecule has 1 heterocycles. The highest BCUT2D eigenvalue weighted by Gasteiger charge is 2.34. The van der Waals surface area contributed by atoms with E-state index in [0.717, 1.165) is 0 Å². The van der Waals surface area contributed by atoms with E-state index < -0.39 is 6.23 Å². The highest BCUT2D eigenvalue weighted by Crippen LogP contribution is 2.30. The molecule has 5 nitrogen and oxygen atoms in total. The number of fused-ring (bicyclic) bond motifs is 1. The molecule has 1 aromatic carbocycles. The number of aliphatic hydroxyl groups excluding tert-OH is 1. The molecule has 2 amide bonds. The highest BCUT2D eigenvalue weighted by molar-refractivity contribution is 5.98. The third kappa shape index (κ3) is 2.14. The lowest BCUT2D eigenvalue weighted by atomic mass is 10.1. The van der Waals surface area contributed by atoms with Gasteiger partial charge in [-0.3, -0.25) is 9.59 Å². The van der Waals surface area contributed by atoms with Gasteiger partial charge in [-0.15, -0.1) is 0 Å². The lowest BCUT2D eigenvalue weighted by Crippen LogP contribution is -2.36. The zero-order chi connectivity index (χ0) is 12.4. The van der Waals surface area contributed by atoms with Gasteiger partial charge in [-0.25, -0.2) is 0 Å². The minimum Gasteiger partial charge on any atom is -0.369 e. The molecule has 5 heteroatoms. The summed E-state index contributed by atoms with van der Waals surface area (Å²) in [5.41, 5.74) is 1.16. The molecule has 0 aromatic heterocycles. The third-order valence-corrected chi connectivity index (χ3v) is 2.75. The number of amides is 2. The Labute approximate surface area is 99.0 Å². The number of carbonyl (C=O) groups is 2. The summed E-state index contributed by atoms with van der Waals surface area (Å²) in [6.45, 7) is 2.05. The Balaban J connectivity index is 2.08.